The molecule has 1 aromatic carbocycles. The van der Waals surface area contributed by atoms with Crippen molar-refractivity contribution in [1.82, 2.24) is 10.2 Å². The van der Waals surface area contributed by atoms with Crippen molar-refractivity contribution in [3.63, 3.8) is 0 Å². The van der Waals surface area contributed by atoms with Gasteiger partial charge in [-0.2, -0.15) is 0 Å². The Bertz CT molecular complexity index is 431. The van der Waals surface area contributed by atoms with Crippen LogP contribution >= 0.6 is 0 Å². The minimum absolute atomic E-state index is 0.0365. The van der Waals surface area contributed by atoms with Gasteiger partial charge in [-0.3, -0.25) is 9.59 Å². The van der Waals surface area contributed by atoms with Crippen LogP contribution < -0.4 is 5.32 Å². The first-order chi connectivity index (χ1) is 8.70. The van der Waals surface area contributed by atoms with Gasteiger partial charge in [-0.15, -0.1) is 0 Å². The number of amides is 2. The van der Waals surface area contributed by atoms with Crippen molar-refractivity contribution in [2.24, 2.45) is 5.92 Å². The van der Waals surface area contributed by atoms with Gasteiger partial charge in [0.15, 0.2) is 0 Å². The molecule has 1 unspecified atom stereocenters. The number of nitrogens with one attached hydrogen (secondary N) is 1. The Morgan fingerprint density at radius 1 is 1.39 bits per heavy atom. The van der Waals surface area contributed by atoms with Crippen molar-refractivity contribution in [3.05, 3.63) is 35.9 Å². The standard InChI is InChI=1S/C14H18N2O2/c1-15-14(18)12-9-13(17)16(10-12)8-7-11-5-3-2-4-6-11/h2-6,12H,7-10H2,1H3,(H,15,18). The molecule has 18 heavy (non-hydrogen) atoms. The van der Waals surface area contributed by atoms with Crippen LogP contribution in [0.3, 0.4) is 0 Å². The van der Waals surface area contributed by atoms with Crippen molar-refractivity contribution < 1.29 is 9.59 Å². The fourth-order valence-corrected chi connectivity index (χ4v) is 2.28. The van der Waals surface area contributed by atoms with Gasteiger partial charge in [0, 0.05) is 26.6 Å². The Labute approximate surface area is 107 Å². The van der Waals surface area contributed by atoms with Gasteiger partial charge in [-0.05, 0) is 12.0 Å². The summed E-state index contributed by atoms with van der Waals surface area (Å²) >= 11 is 0. The summed E-state index contributed by atoms with van der Waals surface area (Å²) in [5, 5.41) is 2.60. The number of carbonyl (C=O) groups excluding carboxylic acids is 2. The number of carbonyl (C=O) groups is 2. The molecule has 1 heterocycles. The highest BCUT2D eigenvalue weighted by atomic mass is 16.2. The third-order valence-electron chi connectivity index (χ3n) is 3.34. The van der Waals surface area contributed by atoms with E-state index in [2.05, 4.69) is 17.4 Å². The average Bonchev–Trinajstić information content (AvgIpc) is 2.78. The first-order valence-electron chi connectivity index (χ1n) is 6.24. The van der Waals surface area contributed by atoms with E-state index in [1.165, 1.54) is 5.56 Å². The Hall–Kier alpha value is -1.84. The minimum Gasteiger partial charge on any atom is -0.359 e. The number of nitrogens with zero attached hydrogens (tertiary/aromatic N) is 1. The van der Waals surface area contributed by atoms with Crippen LogP contribution in [0.15, 0.2) is 30.3 Å². The SMILES string of the molecule is CNC(=O)C1CC(=O)N(CCc2ccccc2)C1. The van der Waals surface area contributed by atoms with Crippen LogP contribution in [-0.2, 0) is 16.0 Å². The Kier molecular flexibility index (Phi) is 3.97. The molecule has 2 rings (SSSR count). The fourth-order valence-electron chi connectivity index (χ4n) is 2.28. The number of benzene rings is 1. The van der Waals surface area contributed by atoms with Crippen molar-refractivity contribution >= 4 is 11.8 Å². The Morgan fingerprint density at radius 2 is 2.11 bits per heavy atom. The molecule has 1 saturated heterocycles. The van der Waals surface area contributed by atoms with E-state index in [9.17, 15) is 9.59 Å². The summed E-state index contributed by atoms with van der Waals surface area (Å²) in [6.45, 7) is 1.24. The van der Waals surface area contributed by atoms with E-state index >= 15 is 0 Å². The Morgan fingerprint density at radius 3 is 2.78 bits per heavy atom. The highest BCUT2D eigenvalue weighted by Crippen LogP contribution is 2.18. The molecular formula is C14H18N2O2. The smallest absolute Gasteiger partial charge is 0.225 e. The van der Waals surface area contributed by atoms with Gasteiger partial charge >= 0.3 is 0 Å². The maximum Gasteiger partial charge on any atom is 0.225 e. The second-order valence-corrected chi connectivity index (χ2v) is 4.59. The normalized spacial score (nSPS) is 19.1. The van der Waals surface area contributed by atoms with E-state index in [0.29, 0.717) is 19.5 Å². The molecule has 96 valence electrons. The highest BCUT2D eigenvalue weighted by Gasteiger charge is 2.33. The molecular weight excluding hydrogens is 228 g/mol. The predicted molar refractivity (Wildman–Crippen MR) is 68.9 cm³/mol. The molecule has 1 fully saturated rings. The summed E-state index contributed by atoms with van der Waals surface area (Å²) in [5.41, 5.74) is 1.22. The first kappa shape index (κ1) is 12.6. The topological polar surface area (TPSA) is 49.4 Å². The highest BCUT2D eigenvalue weighted by molar-refractivity contribution is 5.89. The van der Waals surface area contributed by atoms with E-state index in [-0.39, 0.29) is 17.7 Å². The molecule has 4 heteroatoms. The van der Waals surface area contributed by atoms with Crippen LogP contribution in [-0.4, -0.2) is 36.9 Å². The number of hydrogen-bond donors (Lipinski definition) is 1. The third-order valence-corrected chi connectivity index (χ3v) is 3.34. The molecule has 1 aliphatic rings. The molecule has 1 aliphatic heterocycles. The number of likely N-dealkylation sites (tertiary alicyclic amines) is 1. The van der Waals surface area contributed by atoms with Crippen LogP contribution in [0.2, 0.25) is 0 Å². The fraction of sp³-hybridized carbons (Fsp3) is 0.429. The molecule has 0 saturated carbocycles. The van der Waals surface area contributed by atoms with Crippen LogP contribution in [0.4, 0.5) is 0 Å². The summed E-state index contributed by atoms with van der Waals surface area (Å²) in [6, 6.07) is 10.1. The van der Waals surface area contributed by atoms with Crippen LogP contribution in [0.1, 0.15) is 12.0 Å². The maximum absolute atomic E-state index is 11.8. The number of hydrogen-bond acceptors (Lipinski definition) is 2. The monoisotopic (exact) mass is 246 g/mol. The second-order valence-electron chi connectivity index (χ2n) is 4.59. The number of rotatable bonds is 4. The summed E-state index contributed by atoms with van der Waals surface area (Å²) < 4.78 is 0. The van der Waals surface area contributed by atoms with Crippen LogP contribution in [0.25, 0.3) is 0 Å². The molecule has 2 amide bonds. The van der Waals surface area contributed by atoms with Crippen molar-refractivity contribution in [1.29, 1.82) is 0 Å². The zero-order valence-corrected chi connectivity index (χ0v) is 10.6. The largest absolute Gasteiger partial charge is 0.359 e. The van der Waals surface area contributed by atoms with Crippen molar-refractivity contribution in [2.45, 2.75) is 12.8 Å². The van der Waals surface area contributed by atoms with Crippen molar-refractivity contribution in [3.8, 4) is 0 Å². The summed E-state index contributed by atoms with van der Waals surface area (Å²) in [6.07, 6.45) is 1.18. The molecule has 1 aromatic rings. The maximum atomic E-state index is 11.8. The Balaban J connectivity index is 1.87. The summed E-state index contributed by atoms with van der Waals surface area (Å²) in [5.74, 6) is -0.136. The molecule has 4 nitrogen and oxygen atoms in total. The lowest BCUT2D eigenvalue weighted by atomic mass is 10.1. The average molecular weight is 246 g/mol. The van der Waals surface area contributed by atoms with Gasteiger partial charge in [0.1, 0.15) is 0 Å². The lowest BCUT2D eigenvalue weighted by Crippen LogP contribution is -2.31. The molecule has 0 aliphatic carbocycles. The van der Waals surface area contributed by atoms with Crippen LogP contribution in [0.5, 0.6) is 0 Å². The van der Waals surface area contributed by atoms with E-state index in [1.54, 1.807) is 11.9 Å². The van der Waals surface area contributed by atoms with Gasteiger partial charge in [0.05, 0.1) is 5.92 Å². The molecule has 0 radical (unpaired) electrons. The molecule has 0 aromatic heterocycles. The zero-order chi connectivity index (χ0) is 13.0. The van der Waals surface area contributed by atoms with Gasteiger partial charge in [0.25, 0.3) is 0 Å². The summed E-state index contributed by atoms with van der Waals surface area (Å²) in [4.78, 5) is 25.0. The quantitative estimate of drug-likeness (QED) is 0.855. The lowest BCUT2D eigenvalue weighted by Gasteiger charge is -2.16. The lowest BCUT2D eigenvalue weighted by molar-refractivity contribution is -0.128. The van der Waals surface area contributed by atoms with E-state index in [0.717, 1.165) is 6.42 Å². The zero-order valence-electron chi connectivity index (χ0n) is 10.6. The van der Waals surface area contributed by atoms with Crippen LogP contribution in [0, 0.1) is 5.92 Å². The predicted octanol–water partition coefficient (Wildman–Crippen LogP) is 0.824. The van der Waals surface area contributed by atoms with Gasteiger partial charge in [0.2, 0.25) is 11.8 Å². The van der Waals surface area contributed by atoms with E-state index < -0.39 is 0 Å². The summed E-state index contributed by atoms with van der Waals surface area (Å²) in [7, 11) is 1.61. The van der Waals surface area contributed by atoms with E-state index in [1.807, 2.05) is 18.2 Å². The van der Waals surface area contributed by atoms with Gasteiger partial charge < -0.3 is 10.2 Å². The van der Waals surface area contributed by atoms with Gasteiger partial charge in [-0.1, -0.05) is 30.3 Å². The van der Waals surface area contributed by atoms with Gasteiger partial charge in [-0.25, -0.2) is 0 Å². The van der Waals surface area contributed by atoms with Crippen molar-refractivity contribution in [2.75, 3.05) is 20.1 Å². The van der Waals surface area contributed by atoms with E-state index in [4.69, 9.17) is 0 Å². The minimum atomic E-state index is -0.182. The third kappa shape index (κ3) is 2.88. The molecule has 0 bridgehead atoms. The molecule has 0 spiro atoms. The first-order valence-corrected chi connectivity index (χ1v) is 6.24. The molecule has 1 N–H and O–H groups in total. The second kappa shape index (κ2) is 5.67. The molecule has 1 atom stereocenters.